The Kier molecular flexibility index (Phi) is 5.66. The molecule has 156 valence electrons. The van der Waals surface area contributed by atoms with Crippen LogP contribution < -0.4 is 0 Å². The van der Waals surface area contributed by atoms with Crippen molar-refractivity contribution in [1.82, 2.24) is 0 Å². The fourth-order valence-corrected chi connectivity index (χ4v) is 8.25. The van der Waals surface area contributed by atoms with Gasteiger partial charge in [0.25, 0.3) is 0 Å². The minimum atomic E-state index is 0.262. The van der Waals surface area contributed by atoms with Gasteiger partial charge in [0.15, 0.2) is 0 Å². The molecule has 4 fully saturated rings. The summed E-state index contributed by atoms with van der Waals surface area (Å²) in [5.74, 6) is 3.41. The van der Waals surface area contributed by atoms with E-state index in [0.29, 0.717) is 42.9 Å². The van der Waals surface area contributed by atoms with Crippen LogP contribution in [-0.4, -0.2) is 44.9 Å². The Morgan fingerprint density at radius 2 is 1.81 bits per heavy atom. The first-order chi connectivity index (χ1) is 13.0. The number of hydrogen-bond acceptors (Lipinski definition) is 4. The van der Waals surface area contributed by atoms with E-state index >= 15 is 0 Å². The van der Waals surface area contributed by atoms with Gasteiger partial charge in [-0.1, -0.05) is 13.8 Å². The van der Waals surface area contributed by atoms with Crippen LogP contribution in [0.2, 0.25) is 0 Å². The van der Waals surface area contributed by atoms with Gasteiger partial charge in [0.05, 0.1) is 12.2 Å². The quantitative estimate of drug-likeness (QED) is 0.724. The number of hydrogen-bond donors (Lipinski definition) is 1. The summed E-state index contributed by atoms with van der Waals surface area (Å²) in [4.78, 5) is 0. The highest BCUT2D eigenvalue weighted by atomic mass is 16.7. The van der Waals surface area contributed by atoms with Crippen molar-refractivity contribution in [2.45, 2.75) is 77.4 Å². The van der Waals surface area contributed by atoms with E-state index in [1.165, 1.54) is 38.5 Å². The minimum Gasteiger partial charge on any atom is -0.396 e. The second-order valence-electron chi connectivity index (χ2n) is 10.5. The van der Waals surface area contributed by atoms with Gasteiger partial charge in [-0.25, -0.2) is 0 Å². The van der Waals surface area contributed by atoms with Crippen LogP contribution in [0, 0.1) is 40.4 Å². The molecule has 0 saturated heterocycles. The zero-order valence-electron chi connectivity index (χ0n) is 17.8. The van der Waals surface area contributed by atoms with Crippen LogP contribution in [0.4, 0.5) is 0 Å². The molecule has 0 aromatic heterocycles. The molecule has 4 nitrogen and oxygen atoms in total. The van der Waals surface area contributed by atoms with Crippen LogP contribution in [0.1, 0.15) is 65.2 Å². The Labute approximate surface area is 165 Å². The van der Waals surface area contributed by atoms with Gasteiger partial charge in [-0.2, -0.15) is 0 Å². The first-order valence-corrected chi connectivity index (χ1v) is 11.2. The van der Waals surface area contributed by atoms with Gasteiger partial charge in [0.1, 0.15) is 6.79 Å². The van der Waals surface area contributed by atoms with E-state index in [2.05, 4.69) is 13.8 Å². The van der Waals surface area contributed by atoms with Crippen molar-refractivity contribution in [3.05, 3.63) is 0 Å². The van der Waals surface area contributed by atoms with E-state index < -0.39 is 0 Å². The molecule has 0 amide bonds. The Balaban J connectivity index is 1.58. The second-order valence-corrected chi connectivity index (χ2v) is 10.5. The average molecular weight is 381 g/mol. The maximum atomic E-state index is 10.00. The van der Waals surface area contributed by atoms with Crippen LogP contribution in [0.5, 0.6) is 0 Å². The molecule has 0 unspecified atom stereocenters. The van der Waals surface area contributed by atoms with Crippen LogP contribution in [0.15, 0.2) is 0 Å². The molecule has 0 spiro atoms. The Hall–Kier alpha value is -0.160. The number of rotatable bonds is 5. The summed E-state index contributed by atoms with van der Waals surface area (Å²) in [5, 5.41) is 10.00. The molecule has 0 radical (unpaired) electrons. The van der Waals surface area contributed by atoms with Gasteiger partial charge >= 0.3 is 0 Å². The highest BCUT2D eigenvalue weighted by Gasteiger charge is 2.63. The molecule has 0 aliphatic heterocycles. The maximum absolute atomic E-state index is 10.00. The van der Waals surface area contributed by atoms with Gasteiger partial charge in [0.2, 0.25) is 0 Å². The van der Waals surface area contributed by atoms with E-state index in [1.807, 2.05) is 7.11 Å². The minimum absolute atomic E-state index is 0.262. The van der Waals surface area contributed by atoms with Crippen molar-refractivity contribution in [3.63, 3.8) is 0 Å². The fraction of sp³-hybridized carbons (Fsp3) is 1.00. The first-order valence-electron chi connectivity index (χ1n) is 11.2. The molecule has 1 N–H and O–H groups in total. The highest BCUT2D eigenvalue weighted by Crippen LogP contribution is 2.67. The summed E-state index contributed by atoms with van der Waals surface area (Å²) < 4.78 is 17.3. The number of aliphatic hydroxyl groups is 1. The van der Waals surface area contributed by atoms with E-state index in [9.17, 15) is 5.11 Å². The molecule has 4 saturated carbocycles. The van der Waals surface area contributed by atoms with Crippen molar-refractivity contribution < 1.29 is 19.3 Å². The number of aliphatic hydroxyl groups excluding tert-OH is 1. The third kappa shape index (κ3) is 3.10. The zero-order valence-corrected chi connectivity index (χ0v) is 17.8. The Morgan fingerprint density at radius 1 is 1.00 bits per heavy atom. The lowest BCUT2D eigenvalue weighted by molar-refractivity contribution is -0.195. The zero-order chi connectivity index (χ0) is 19.2. The van der Waals surface area contributed by atoms with Gasteiger partial charge < -0.3 is 19.3 Å². The fourth-order valence-electron chi connectivity index (χ4n) is 8.25. The molecular formula is C23H40O4. The SMILES string of the molecule is COCO[C@@H]1CC[C@@]2(C)[C@@H](CC[C@@H]3[C@@H]2[C@@H](OC)C[C@]2(C)[C@@H](CO)CC[C@@H]32)C1. The summed E-state index contributed by atoms with van der Waals surface area (Å²) in [6.07, 6.45) is 10.6. The molecule has 0 aromatic carbocycles. The molecule has 0 aromatic rings. The van der Waals surface area contributed by atoms with Crippen molar-refractivity contribution in [2.75, 3.05) is 27.6 Å². The van der Waals surface area contributed by atoms with Gasteiger partial charge in [-0.05, 0) is 91.8 Å². The lowest BCUT2D eigenvalue weighted by Crippen LogP contribution is -2.59. The normalized spacial score (nSPS) is 52.1. The summed E-state index contributed by atoms with van der Waals surface area (Å²) in [6.45, 7) is 5.79. The van der Waals surface area contributed by atoms with Crippen LogP contribution in [0.25, 0.3) is 0 Å². The monoisotopic (exact) mass is 380 g/mol. The predicted molar refractivity (Wildman–Crippen MR) is 105 cm³/mol. The van der Waals surface area contributed by atoms with E-state index in [-0.39, 0.29) is 5.41 Å². The van der Waals surface area contributed by atoms with Crippen LogP contribution >= 0.6 is 0 Å². The molecule has 0 heterocycles. The lowest BCUT2D eigenvalue weighted by Gasteiger charge is -2.63. The third-order valence-corrected chi connectivity index (χ3v) is 9.67. The number of methoxy groups -OCH3 is 2. The van der Waals surface area contributed by atoms with Gasteiger partial charge in [-0.3, -0.25) is 0 Å². The standard InChI is InChI=1S/C23H40O4/c1-22-10-9-17(27-14-25-3)11-15(22)5-7-18-19-8-6-16(13-24)23(19,2)12-20(26-4)21(18)22/h15-21,24H,5-14H2,1-4H3/t15-,16+,17+,18-,19-,20-,21+,22-,23+/m0/s1. The average Bonchev–Trinajstić information content (AvgIpc) is 3.01. The molecular weight excluding hydrogens is 340 g/mol. The summed E-state index contributed by atoms with van der Waals surface area (Å²) >= 11 is 0. The molecule has 4 heteroatoms. The van der Waals surface area contributed by atoms with Crippen LogP contribution in [0.3, 0.4) is 0 Å². The molecule has 4 aliphatic carbocycles. The molecule has 9 atom stereocenters. The van der Waals surface area contributed by atoms with E-state index in [1.54, 1.807) is 7.11 Å². The summed E-state index contributed by atoms with van der Waals surface area (Å²) in [5.41, 5.74) is 0.633. The molecule has 0 bridgehead atoms. The van der Waals surface area contributed by atoms with Gasteiger partial charge in [-0.15, -0.1) is 0 Å². The maximum Gasteiger partial charge on any atom is 0.146 e. The van der Waals surface area contributed by atoms with Crippen LogP contribution in [-0.2, 0) is 14.2 Å². The topological polar surface area (TPSA) is 47.9 Å². The summed E-state index contributed by atoms with van der Waals surface area (Å²) in [7, 11) is 3.64. The molecule has 4 rings (SSSR count). The van der Waals surface area contributed by atoms with Gasteiger partial charge in [0, 0.05) is 20.8 Å². The Morgan fingerprint density at radius 3 is 2.52 bits per heavy atom. The van der Waals surface area contributed by atoms with Crippen molar-refractivity contribution in [3.8, 4) is 0 Å². The summed E-state index contributed by atoms with van der Waals surface area (Å²) in [6, 6.07) is 0. The molecule has 4 aliphatic rings. The van der Waals surface area contributed by atoms with Crippen molar-refractivity contribution >= 4 is 0 Å². The first kappa shape index (κ1) is 20.1. The smallest absolute Gasteiger partial charge is 0.146 e. The van der Waals surface area contributed by atoms with Crippen molar-refractivity contribution in [2.24, 2.45) is 40.4 Å². The number of ether oxygens (including phenoxy) is 3. The van der Waals surface area contributed by atoms with E-state index in [0.717, 1.165) is 30.6 Å². The largest absolute Gasteiger partial charge is 0.396 e. The Bertz CT molecular complexity index is 525. The third-order valence-electron chi connectivity index (χ3n) is 9.67. The predicted octanol–water partition coefficient (Wildman–Crippen LogP) is 4.25. The highest BCUT2D eigenvalue weighted by molar-refractivity contribution is 5.12. The van der Waals surface area contributed by atoms with Crippen molar-refractivity contribution in [1.29, 1.82) is 0 Å². The second kappa shape index (κ2) is 7.59. The lowest BCUT2D eigenvalue weighted by atomic mass is 9.44. The van der Waals surface area contributed by atoms with E-state index in [4.69, 9.17) is 14.2 Å². The number of fused-ring (bicyclic) bond motifs is 5. The molecule has 27 heavy (non-hydrogen) atoms.